The lowest BCUT2D eigenvalue weighted by molar-refractivity contribution is -0.118. The standard InChI is InChI=1S/C22H23FN4O/c1-15-13-27-14-19(11-12-20(27)24-15)25-21(16-5-3-2-4-6-16)22(28)26-18-9-7-17(23)8-10-18/h2-10,13,19,21,25H,11-12,14H2,1H3,(H,26,28)/t19-,21+/m0/s1. The van der Waals surface area contributed by atoms with Gasteiger partial charge in [0.05, 0.1) is 5.69 Å². The molecule has 0 saturated heterocycles. The number of hydrogen-bond donors (Lipinski definition) is 2. The lowest BCUT2D eigenvalue weighted by atomic mass is 10.0. The van der Waals surface area contributed by atoms with Gasteiger partial charge in [0.25, 0.3) is 0 Å². The molecule has 3 aromatic rings. The summed E-state index contributed by atoms with van der Waals surface area (Å²) in [6, 6.07) is 15.1. The number of carbonyl (C=O) groups excluding carboxylic acids is 1. The van der Waals surface area contributed by atoms with E-state index in [2.05, 4.69) is 26.4 Å². The molecule has 0 fully saturated rings. The molecule has 5 nitrogen and oxygen atoms in total. The molecule has 4 rings (SSSR count). The van der Waals surface area contributed by atoms with Crippen molar-refractivity contribution >= 4 is 11.6 Å². The molecule has 28 heavy (non-hydrogen) atoms. The number of nitrogens with one attached hydrogen (secondary N) is 2. The Morgan fingerprint density at radius 1 is 1.18 bits per heavy atom. The number of amides is 1. The molecule has 0 saturated carbocycles. The minimum absolute atomic E-state index is 0.158. The molecule has 144 valence electrons. The van der Waals surface area contributed by atoms with Crippen LogP contribution in [0, 0.1) is 12.7 Å². The van der Waals surface area contributed by atoms with E-state index in [1.165, 1.54) is 12.1 Å². The second-order valence-electron chi connectivity index (χ2n) is 7.19. The summed E-state index contributed by atoms with van der Waals surface area (Å²) >= 11 is 0. The predicted molar refractivity (Wildman–Crippen MR) is 106 cm³/mol. The maximum atomic E-state index is 13.1. The second kappa shape index (κ2) is 7.94. The van der Waals surface area contributed by atoms with Gasteiger partial charge in [-0.15, -0.1) is 0 Å². The monoisotopic (exact) mass is 378 g/mol. The van der Waals surface area contributed by atoms with E-state index < -0.39 is 6.04 Å². The highest BCUT2D eigenvalue weighted by Gasteiger charge is 2.27. The van der Waals surface area contributed by atoms with Crippen molar-refractivity contribution < 1.29 is 9.18 Å². The smallest absolute Gasteiger partial charge is 0.246 e. The number of carbonyl (C=O) groups is 1. The molecule has 0 radical (unpaired) electrons. The van der Waals surface area contributed by atoms with E-state index in [0.29, 0.717) is 5.69 Å². The van der Waals surface area contributed by atoms with E-state index in [0.717, 1.165) is 36.5 Å². The average molecular weight is 378 g/mol. The Balaban J connectivity index is 1.52. The minimum atomic E-state index is -0.498. The van der Waals surface area contributed by atoms with Crippen LogP contribution in [-0.2, 0) is 17.8 Å². The van der Waals surface area contributed by atoms with Gasteiger partial charge < -0.3 is 9.88 Å². The van der Waals surface area contributed by atoms with E-state index in [4.69, 9.17) is 0 Å². The Labute approximate surface area is 163 Å². The van der Waals surface area contributed by atoms with Gasteiger partial charge in [0.15, 0.2) is 0 Å². The first kappa shape index (κ1) is 18.4. The van der Waals surface area contributed by atoms with Crippen molar-refractivity contribution in [3.05, 3.63) is 83.7 Å². The van der Waals surface area contributed by atoms with Gasteiger partial charge >= 0.3 is 0 Å². The molecule has 0 spiro atoms. The number of nitrogens with zero attached hydrogens (tertiary/aromatic N) is 2. The molecule has 1 aromatic heterocycles. The van der Waals surface area contributed by atoms with Crippen molar-refractivity contribution in [2.24, 2.45) is 0 Å². The van der Waals surface area contributed by atoms with E-state index in [1.54, 1.807) is 12.1 Å². The Morgan fingerprint density at radius 3 is 2.68 bits per heavy atom. The van der Waals surface area contributed by atoms with Crippen molar-refractivity contribution in [2.45, 2.75) is 38.4 Å². The minimum Gasteiger partial charge on any atom is -0.333 e. The summed E-state index contributed by atoms with van der Waals surface area (Å²) < 4.78 is 15.3. The Morgan fingerprint density at radius 2 is 1.93 bits per heavy atom. The van der Waals surface area contributed by atoms with Gasteiger partial charge in [0.1, 0.15) is 17.7 Å². The van der Waals surface area contributed by atoms with Crippen LogP contribution < -0.4 is 10.6 Å². The molecule has 0 aliphatic carbocycles. The van der Waals surface area contributed by atoms with Crippen LogP contribution in [0.2, 0.25) is 0 Å². The van der Waals surface area contributed by atoms with Crippen molar-refractivity contribution in [3.8, 4) is 0 Å². The summed E-state index contributed by atoms with van der Waals surface area (Å²) in [6.45, 7) is 2.78. The predicted octanol–water partition coefficient (Wildman–Crippen LogP) is 3.62. The highest BCUT2D eigenvalue weighted by molar-refractivity contribution is 5.95. The first-order chi connectivity index (χ1) is 13.6. The van der Waals surface area contributed by atoms with Gasteiger partial charge in [-0.3, -0.25) is 10.1 Å². The van der Waals surface area contributed by atoms with Gasteiger partial charge in [-0.2, -0.15) is 0 Å². The van der Waals surface area contributed by atoms with Crippen LogP contribution in [0.3, 0.4) is 0 Å². The summed E-state index contributed by atoms with van der Waals surface area (Å²) in [5.74, 6) is 0.609. The molecular weight excluding hydrogens is 355 g/mol. The maximum Gasteiger partial charge on any atom is 0.246 e. The Kier molecular flexibility index (Phi) is 5.21. The van der Waals surface area contributed by atoms with Gasteiger partial charge in [0, 0.05) is 30.9 Å². The molecule has 0 unspecified atom stereocenters. The van der Waals surface area contributed by atoms with Crippen LogP contribution in [0.4, 0.5) is 10.1 Å². The van der Waals surface area contributed by atoms with Gasteiger partial charge in [0.2, 0.25) is 5.91 Å². The van der Waals surface area contributed by atoms with E-state index in [-0.39, 0.29) is 17.8 Å². The summed E-state index contributed by atoms with van der Waals surface area (Å²) in [5, 5.41) is 6.41. The first-order valence-electron chi connectivity index (χ1n) is 9.48. The molecule has 2 atom stereocenters. The average Bonchev–Trinajstić information content (AvgIpc) is 3.07. The van der Waals surface area contributed by atoms with Crippen LogP contribution in [0.1, 0.15) is 29.5 Å². The van der Waals surface area contributed by atoms with Gasteiger partial charge in [-0.1, -0.05) is 30.3 Å². The fourth-order valence-corrected chi connectivity index (χ4v) is 3.67. The number of halogens is 1. The third-order valence-electron chi connectivity index (χ3n) is 5.02. The third-order valence-corrected chi connectivity index (χ3v) is 5.02. The van der Waals surface area contributed by atoms with Gasteiger partial charge in [-0.25, -0.2) is 9.37 Å². The highest BCUT2D eigenvalue weighted by Crippen LogP contribution is 2.21. The zero-order valence-corrected chi connectivity index (χ0v) is 15.7. The Bertz CT molecular complexity index is 952. The molecule has 0 bridgehead atoms. The van der Waals surface area contributed by atoms with Crippen LogP contribution in [0.15, 0.2) is 60.8 Å². The number of rotatable bonds is 5. The van der Waals surface area contributed by atoms with E-state index in [1.807, 2.05) is 37.3 Å². The highest BCUT2D eigenvalue weighted by atomic mass is 19.1. The lowest BCUT2D eigenvalue weighted by Crippen LogP contribution is -2.43. The largest absolute Gasteiger partial charge is 0.333 e. The van der Waals surface area contributed by atoms with Crippen LogP contribution in [0.5, 0.6) is 0 Å². The van der Waals surface area contributed by atoms with Crippen molar-refractivity contribution in [1.82, 2.24) is 14.9 Å². The topological polar surface area (TPSA) is 59.0 Å². The van der Waals surface area contributed by atoms with Crippen LogP contribution >= 0.6 is 0 Å². The first-order valence-corrected chi connectivity index (χ1v) is 9.48. The number of anilines is 1. The van der Waals surface area contributed by atoms with Crippen LogP contribution in [-0.4, -0.2) is 21.5 Å². The fraction of sp³-hybridized carbons (Fsp3) is 0.273. The number of fused-ring (bicyclic) bond motifs is 1. The zero-order chi connectivity index (χ0) is 19.5. The number of aryl methyl sites for hydroxylation is 2. The normalized spacial score (nSPS) is 17.0. The number of aromatic nitrogens is 2. The number of benzene rings is 2. The van der Waals surface area contributed by atoms with Crippen LogP contribution in [0.25, 0.3) is 0 Å². The third kappa shape index (κ3) is 4.12. The van der Waals surface area contributed by atoms with E-state index in [9.17, 15) is 9.18 Å². The zero-order valence-electron chi connectivity index (χ0n) is 15.7. The summed E-state index contributed by atoms with van der Waals surface area (Å²) in [4.78, 5) is 17.6. The number of imidazole rings is 1. The quantitative estimate of drug-likeness (QED) is 0.713. The molecule has 2 heterocycles. The lowest BCUT2D eigenvalue weighted by Gasteiger charge is -2.29. The summed E-state index contributed by atoms with van der Waals surface area (Å²) in [5.41, 5.74) is 2.49. The molecule has 1 amide bonds. The molecule has 2 N–H and O–H groups in total. The van der Waals surface area contributed by atoms with Gasteiger partial charge in [-0.05, 0) is 43.2 Å². The SMILES string of the molecule is Cc1cn2c(n1)CC[C@H](N[C@@H](C(=O)Nc1ccc(F)cc1)c1ccccc1)C2. The maximum absolute atomic E-state index is 13.1. The van der Waals surface area contributed by atoms with Crippen molar-refractivity contribution in [1.29, 1.82) is 0 Å². The van der Waals surface area contributed by atoms with E-state index >= 15 is 0 Å². The summed E-state index contributed by atoms with van der Waals surface area (Å²) in [7, 11) is 0. The summed E-state index contributed by atoms with van der Waals surface area (Å²) in [6.07, 6.45) is 3.86. The Hall–Kier alpha value is -2.99. The fourth-order valence-electron chi connectivity index (χ4n) is 3.67. The molecule has 1 aliphatic rings. The number of hydrogen-bond acceptors (Lipinski definition) is 3. The molecule has 2 aromatic carbocycles. The van der Waals surface area contributed by atoms with Crippen molar-refractivity contribution in [3.63, 3.8) is 0 Å². The second-order valence-corrected chi connectivity index (χ2v) is 7.19. The van der Waals surface area contributed by atoms with Crippen molar-refractivity contribution in [2.75, 3.05) is 5.32 Å². The molecular formula is C22H23FN4O. The molecule has 1 aliphatic heterocycles. The molecule has 6 heteroatoms.